The van der Waals surface area contributed by atoms with Gasteiger partial charge in [-0.3, -0.25) is 9.59 Å². The van der Waals surface area contributed by atoms with E-state index in [4.69, 9.17) is 0 Å². The standard InChI is InChI=1S/C14H19N3O2S/c1-15(2)8-14(19)16-5-3-11-12(16)7-13(18)17(11)10-4-6-20-9-10/h4,6,9,11-12H,3,5,7-8H2,1-2H3/t11-,12-/m0/s1. The van der Waals surface area contributed by atoms with E-state index < -0.39 is 0 Å². The number of fused-ring (bicyclic) bond motifs is 1. The number of anilines is 1. The average Bonchev–Trinajstić information content (AvgIpc) is 3.03. The molecule has 0 unspecified atom stereocenters. The van der Waals surface area contributed by atoms with E-state index in [9.17, 15) is 9.59 Å². The van der Waals surface area contributed by atoms with Gasteiger partial charge in [-0.25, -0.2) is 0 Å². The van der Waals surface area contributed by atoms with Crippen molar-refractivity contribution >= 4 is 28.8 Å². The molecular weight excluding hydrogens is 274 g/mol. The minimum atomic E-state index is 0.0508. The lowest BCUT2D eigenvalue weighted by Crippen LogP contribution is -2.43. The zero-order valence-electron chi connectivity index (χ0n) is 11.8. The second-order valence-corrected chi connectivity index (χ2v) is 6.48. The van der Waals surface area contributed by atoms with Crippen LogP contribution in [0.2, 0.25) is 0 Å². The fourth-order valence-electron chi connectivity index (χ4n) is 3.25. The quantitative estimate of drug-likeness (QED) is 0.835. The van der Waals surface area contributed by atoms with Crippen LogP contribution in [0.1, 0.15) is 12.8 Å². The lowest BCUT2D eigenvalue weighted by atomic mass is 10.1. The highest BCUT2D eigenvalue weighted by Gasteiger charge is 2.48. The number of likely N-dealkylation sites (N-methyl/N-ethyl adjacent to an activating group) is 1. The SMILES string of the molecule is CN(C)CC(=O)N1CC[C@H]2[C@@H]1CC(=O)N2c1ccsc1. The minimum absolute atomic E-state index is 0.0508. The molecule has 20 heavy (non-hydrogen) atoms. The fourth-order valence-corrected chi connectivity index (χ4v) is 3.88. The number of hydrogen-bond acceptors (Lipinski definition) is 4. The molecule has 1 aromatic heterocycles. The summed E-state index contributed by atoms with van der Waals surface area (Å²) in [5, 5.41) is 3.99. The van der Waals surface area contributed by atoms with Crippen molar-refractivity contribution in [2.45, 2.75) is 24.9 Å². The van der Waals surface area contributed by atoms with Crippen LogP contribution in [-0.2, 0) is 9.59 Å². The molecule has 3 heterocycles. The smallest absolute Gasteiger partial charge is 0.237 e. The van der Waals surface area contributed by atoms with E-state index in [-0.39, 0.29) is 23.9 Å². The molecule has 3 rings (SSSR count). The number of carbonyl (C=O) groups excluding carboxylic acids is 2. The molecule has 6 heteroatoms. The third-order valence-electron chi connectivity index (χ3n) is 4.05. The molecule has 0 N–H and O–H groups in total. The van der Waals surface area contributed by atoms with Crippen molar-refractivity contribution in [2.75, 3.05) is 32.1 Å². The molecule has 2 atom stereocenters. The van der Waals surface area contributed by atoms with Gasteiger partial charge in [-0.05, 0) is 32.0 Å². The summed E-state index contributed by atoms with van der Waals surface area (Å²) in [6.45, 7) is 1.17. The Hall–Kier alpha value is -1.40. The number of nitrogens with zero attached hydrogens (tertiary/aromatic N) is 3. The van der Waals surface area contributed by atoms with Gasteiger partial charge in [-0.2, -0.15) is 11.3 Å². The van der Waals surface area contributed by atoms with Crippen molar-refractivity contribution < 1.29 is 9.59 Å². The molecule has 0 saturated carbocycles. The molecule has 0 spiro atoms. The third-order valence-corrected chi connectivity index (χ3v) is 4.72. The van der Waals surface area contributed by atoms with E-state index in [1.54, 1.807) is 11.3 Å². The van der Waals surface area contributed by atoms with Crippen LogP contribution in [0.3, 0.4) is 0 Å². The van der Waals surface area contributed by atoms with E-state index in [1.165, 1.54) is 0 Å². The van der Waals surface area contributed by atoms with Crippen LogP contribution < -0.4 is 4.90 Å². The van der Waals surface area contributed by atoms with Gasteiger partial charge in [0.15, 0.2) is 0 Å². The van der Waals surface area contributed by atoms with Gasteiger partial charge in [0.1, 0.15) is 0 Å². The van der Waals surface area contributed by atoms with Gasteiger partial charge in [-0.1, -0.05) is 0 Å². The zero-order chi connectivity index (χ0) is 14.3. The molecule has 2 saturated heterocycles. The maximum Gasteiger partial charge on any atom is 0.237 e. The minimum Gasteiger partial charge on any atom is -0.336 e. The van der Waals surface area contributed by atoms with Crippen LogP contribution in [0.15, 0.2) is 16.8 Å². The first-order chi connectivity index (χ1) is 9.58. The Bertz CT molecular complexity index is 514. The molecule has 2 aliphatic rings. The highest BCUT2D eigenvalue weighted by atomic mass is 32.1. The molecule has 0 aromatic carbocycles. The van der Waals surface area contributed by atoms with Crippen LogP contribution >= 0.6 is 11.3 Å². The van der Waals surface area contributed by atoms with Gasteiger partial charge in [0, 0.05) is 18.3 Å². The maximum atomic E-state index is 12.3. The van der Waals surface area contributed by atoms with Gasteiger partial charge < -0.3 is 14.7 Å². The zero-order valence-corrected chi connectivity index (χ0v) is 12.6. The van der Waals surface area contributed by atoms with Crippen molar-refractivity contribution in [3.63, 3.8) is 0 Å². The van der Waals surface area contributed by atoms with Gasteiger partial charge in [-0.15, -0.1) is 0 Å². The largest absolute Gasteiger partial charge is 0.336 e. The third kappa shape index (κ3) is 2.23. The lowest BCUT2D eigenvalue weighted by molar-refractivity contribution is -0.132. The first-order valence-electron chi connectivity index (χ1n) is 6.86. The summed E-state index contributed by atoms with van der Waals surface area (Å²) in [5.41, 5.74) is 0.981. The Morgan fingerprint density at radius 2 is 2.25 bits per heavy atom. The van der Waals surface area contributed by atoms with E-state index in [2.05, 4.69) is 0 Å². The first-order valence-corrected chi connectivity index (χ1v) is 7.80. The van der Waals surface area contributed by atoms with Crippen molar-refractivity contribution in [3.05, 3.63) is 16.8 Å². The summed E-state index contributed by atoms with van der Waals surface area (Å²) < 4.78 is 0. The summed E-state index contributed by atoms with van der Waals surface area (Å²) >= 11 is 1.60. The summed E-state index contributed by atoms with van der Waals surface area (Å²) in [5.74, 6) is 0.267. The summed E-state index contributed by atoms with van der Waals surface area (Å²) in [4.78, 5) is 30.2. The predicted molar refractivity (Wildman–Crippen MR) is 78.9 cm³/mol. The number of rotatable bonds is 3. The van der Waals surface area contributed by atoms with Crippen LogP contribution in [0.4, 0.5) is 5.69 Å². The average molecular weight is 293 g/mol. The second-order valence-electron chi connectivity index (χ2n) is 5.70. The number of hydrogen-bond donors (Lipinski definition) is 0. The highest BCUT2D eigenvalue weighted by Crippen LogP contribution is 2.36. The predicted octanol–water partition coefficient (Wildman–Crippen LogP) is 1.02. The van der Waals surface area contributed by atoms with Crippen molar-refractivity contribution in [2.24, 2.45) is 0 Å². The fraction of sp³-hybridized carbons (Fsp3) is 0.571. The van der Waals surface area contributed by atoms with Crippen LogP contribution in [-0.4, -0.2) is 60.9 Å². The molecule has 5 nitrogen and oxygen atoms in total. The Kier molecular flexibility index (Phi) is 3.52. The molecule has 0 aliphatic carbocycles. The van der Waals surface area contributed by atoms with Crippen molar-refractivity contribution in [1.29, 1.82) is 0 Å². The first kappa shape index (κ1) is 13.6. The molecule has 1 aromatic rings. The molecule has 0 bridgehead atoms. The second kappa shape index (κ2) is 5.18. The maximum absolute atomic E-state index is 12.3. The van der Waals surface area contributed by atoms with E-state index >= 15 is 0 Å². The van der Waals surface area contributed by atoms with Crippen molar-refractivity contribution in [3.8, 4) is 0 Å². The van der Waals surface area contributed by atoms with E-state index in [0.29, 0.717) is 13.0 Å². The highest BCUT2D eigenvalue weighted by molar-refractivity contribution is 7.08. The van der Waals surface area contributed by atoms with Gasteiger partial charge >= 0.3 is 0 Å². The lowest BCUT2D eigenvalue weighted by Gasteiger charge is -2.25. The van der Waals surface area contributed by atoms with Crippen LogP contribution in [0, 0.1) is 0 Å². The number of amides is 2. The van der Waals surface area contributed by atoms with E-state index in [0.717, 1.165) is 18.7 Å². The molecule has 2 fully saturated rings. The Balaban J connectivity index is 1.77. The Morgan fingerprint density at radius 3 is 2.90 bits per heavy atom. The molecular formula is C14H19N3O2S. The molecule has 2 aliphatic heterocycles. The Morgan fingerprint density at radius 1 is 1.45 bits per heavy atom. The van der Waals surface area contributed by atoms with Gasteiger partial charge in [0.25, 0.3) is 0 Å². The van der Waals surface area contributed by atoms with Gasteiger partial charge in [0.05, 0.1) is 24.3 Å². The number of likely N-dealkylation sites (tertiary alicyclic amines) is 1. The number of carbonyl (C=O) groups is 2. The van der Waals surface area contributed by atoms with E-state index in [1.807, 2.05) is 45.6 Å². The summed E-state index contributed by atoms with van der Waals surface area (Å²) in [6, 6.07) is 2.19. The van der Waals surface area contributed by atoms with Crippen molar-refractivity contribution in [1.82, 2.24) is 9.80 Å². The summed E-state index contributed by atoms with van der Waals surface area (Å²) in [6.07, 6.45) is 1.34. The van der Waals surface area contributed by atoms with Crippen LogP contribution in [0.5, 0.6) is 0 Å². The summed E-state index contributed by atoms with van der Waals surface area (Å²) in [7, 11) is 3.78. The Labute approximate surface area is 122 Å². The van der Waals surface area contributed by atoms with Gasteiger partial charge in [0.2, 0.25) is 11.8 Å². The number of thiophene rings is 1. The topological polar surface area (TPSA) is 43.9 Å². The normalized spacial score (nSPS) is 25.6. The monoisotopic (exact) mass is 293 g/mol. The molecule has 2 amide bonds. The molecule has 0 radical (unpaired) electrons. The van der Waals surface area contributed by atoms with Crippen LogP contribution in [0.25, 0.3) is 0 Å². The molecule has 108 valence electrons.